The van der Waals surface area contributed by atoms with Crippen LogP contribution in [0, 0.1) is 10.8 Å². The van der Waals surface area contributed by atoms with Gasteiger partial charge in [-0.3, -0.25) is 9.59 Å². The maximum absolute atomic E-state index is 14.3. The minimum Gasteiger partial charge on any atom is -0.445 e. The van der Waals surface area contributed by atoms with Crippen molar-refractivity contribution in [3.63, 3.8) is 0 Å². The monoisotopic (exact) mass is 1210 g/mol. The number of nitrogens with one attached hydrogen (secondary N) is 1. The van der Waals surface area contributed by atoms with Gasteiger partial charge >= 0.3 is 6.09 Å². The van der Waals surface area contributed by atoms with Gasteiger partial charge in [0.05, 0.1) is 33.3 Å². The Morgan fingerprint density at radius 3 is 1.21 bits per heavy atom. The Morgan fingerprint density at radius 2 is 0.826 bits per heavy atom. The van der Waals surface area contributed by atoms with E-state index >= 15 is 0 Å². The van der Waals surface area contributed by atoms with E-state index in [1.54, 1.807) is 4.90 Å². The number of amides is 3. The van der Waals surface area contributed by atoms with E-state index in [0.717, 1.165) is 125 Å². The van der Waals surface area contributed by atoms with Crippen LogP contribution in [-0.4, -0.2) is 81.6 Å². The molecule has 0 bridgehead atoms. The summed E-state index contributed by atoms with van der Waals surface area (Å²) in [6, 6.07) is 86.9. The normalized spacial score (nSPS) is 19.8. The standard InChI is InChI=1S/C44H40N4O3.C36H34N4O/c49-41-43(25-27-46(31-43)42(50)51-30-32-13-5-1-6-14-32)26-28-47(41)37-23-24-39-38(29-37)40(33-21-22-33)45-48(39)44(34-15-7-2-8-16-34,35-17-9-3-10-18-35)36-19-11-4-12-20-36;41-34-35(20-22-37-25-35)21-23-39(34)30-18-19-32-31(24-30)33(26-16-17-26)38-40(32)36(27-10-4-1-5-11-27,28-12-6-2-7-13-28)29-14-8-3-9-15-29/h1-20,23-24,29,33H,21-22,25-28,30-31H2;1-15,18-19,24,26,37H,16-17,20-23,25H2/t43-;35-/m00/s1. The topological polar surface area (TPSA) is 118 Å². The van der Waals surface area contributed by atoms with E-state index in [0.29, 0.717) is 44.3 Å². The molecule has 2 saturated carbocycles. The molecule has 11 aromatic rings. The number of hydrogen-bond donors (Lipinski definition) is 1. The first kappa shape index (κ1) is 57.3. The molecule has 6 fully saturated rings. The number of ether oxygens (including phenoxy) is 1. The molecule has 2 atom stereocenters. The molecule has 2 aliphatic carbocycles. The second-order valence-corrected chi connectivity index (χ2v) is 26.3. The van der Waals surface area contributed by atoms with Gasteiger partial charge in [-0.2, -0.15) is 10.2 Å². The average Bonchev–Trinajstić information content (AvgIpc) is 1.47. The van der Waals surface area contributed by atoms with Gasteiger partial charge in [-0.15, -0.1) is 0 Å². The molecular weight excluding hydrogens is 1140 g/mol. The first-order valence-corrected chi connectivity index (χ1v) is 33.0. The van der Waals surface area contributed by atoms with Gasteiger partial charge in [0.15, 0.2) is 0 Å². The first-order chi connectivity index (χ1) is 45.3. The maximum Gasteiger partial charge on any atom is 0.410 e. The van der Waals surface area contributed by atoms with Crippen molar-refractivity contribution in [1.29, 1.82) is 0 Å². The van der Waals surface area contributed by atoms with Gasteiger partial charge in [0.25, 0.3) is 0 Å². The van der Waals surface area contributed by atoms with Gasteiger partial charge < -0.3 is 24.8 Å². The molecule has 12 heteroatoms. The van der Waals surface area contributed by atoms with Crippen LogP contribution >= 0.6 is 0 Å². The fraction of sp³-hybridized carbons (Fsp3) is 0.263. The number of benzene rings is 9. The lowest BCUT2D eigenvalue weighted by molar-refractivity contribution is -0.125. The quantitative estimate of drug-likeness (QED) is 0.108. The first-order valence-electron chi connectivity index (χ1n) is 33.0. The molecule has 4 aliphatic heterocycles. The molecule has 4 saturated heterocycles. The largest absolute Gasteiger partial charge is 0.445 e. The van der Waals surface area contributed by atoms with Crippen LogP contribution in [0.4, 0.5) is 16.2 Å². The van der Waals surface area contributed by atoms with Gasteiger partial charge in [0.2, 0.25) is 11.8 Å². The Hall–Kier alpha value is -9.91. The summed E-state index contributed by atoms with van der Waals surface area (Å²) in [5, 5.41) is 16.7. The number of hydrogen-bond acceptors (Lipinski definition) is 7. The molecule has 0 radical (unpaired) electrons. The van der Waals surface area contributed by atoms with E-state index in [4.69, 9.17) is 14.9 Å². The maximum atomic E-state index is 14.3. The van der Waals surface area contributed by atoms with Gasteiger partial charge in [-0.05, 0) is 133 Å². The molecule has 2 aromatic heterocycles. The zero-order chi connectivity index (χ0) is 61.9. The Bertz CT molecular complexity index is 4300. The number of anilines is 2. The van der Waals surface area contributed by atoms with Crippen LogP contribution in [0.15, 0.2) is 249 Å². The highest BCUT2D eigenvalue weighted by atomic mass is 16.6. The van der Waals surface area contributed by atoms with Crippen LogP contribution in [0.25, 0.3) is 21.8 Å². The minimum absolute atomic E-state index is 0.0905. The molecule has 6 heterocycles. The van der Waals surface area contributed by atoms with Crippen molar-refractivity contribution in [2.75, 3.05) is 49.1 Å². The van der Waals surface area contributed by atoms with Crippen molar-refractivity contribution in [2.45, 2.75) is 80.9 Å². The molecule has 0 unspecified atom stereocenters. The highest BCUT2D eigenvalue weighted by Gasteiger charge is 2.53. The Balaban J connectivity index is 0.000000150. The van der Waals surface area contributed by atoms with Gasteiger partial charge in [-0.1, -0.05) is 212 Å². The summed E-state index contributed by atoms with van der Waals surface area (Å²) in [5.74, 6) is 1.20. The lowest BCUT2D eigenvalue weighted by Gasteiger charge is -2.37. The summed E-state index contributed by atoms with van der Waals surface area (Å²) in [5.41, 5.74) is 11.9. The van der Waals surface area contributed by atoms with Crippen LogP contribution < -0.4 is 15.1 Å². The summed E-state index contributed by atoms with van der Waals surface area (Å²) < 4.78 is 10.1. The Kier molecular flexibility index (Phi) is 14.6. The summed E-state index contributed by atoms with van der Waals surface area (Å²) in [6.07, 6.45) is 7.37. The Labute approximate surface area is 537 Å². The van der Waals surface area contributed by atoms with Crippen LogP contribution in [0.2, 0.25) is 0 Å². The molecular formula is C80H74N8O4. The van der Waals surface area contributed by atoms with Crippen molar-refractivity contribution in [3.05, 3.63) is 299 Å². The number of rotatable bonds is 14. The lowest BCUT2D eigenvalue weighted by atomic mass is 9.77. The van der Waals surface area contributed by atoms with Crippen molar-refractivity contribution in [3.8, 4) is 0 Å². The van der Waals surface area contributed by atoms with Crippen LogP contribution in [0.3, 0.4) is 0 Å². The van der Waals surface area contributed by atoms with E-state index in [2.05, 4.69) is 233 Å². The summed E-state index contributed by atoms with van der Waals surface area (Å²) >= 11 is 0. The smallest absolute Gasteiger partial charge is 0.410 e. The summed E-state index contributed by atoms with van der Waals surface area (Å²) in [4.78, 5) is 46.7. The van der Waals surface area contributed by atoms with Crippen molar-refractivity contribution >= 4 is 51.1 Å². The van der Waals surface area contributed by atoms with Gasteiger partial charge in [0, 0.05) is 66.7 Å². The average molecular weight is 1210 g/mol. The third-order valence-corrected chi connectivity index (χ3v) is 20.8. The fourth-order valence-electron chi connectivity index (χ4n) is 15.7. The van der Waals surface area contributed by atoms with Crippen LogP contribution in [-0.2, 0) is 32.0 Å². The van der Waals surface area contributed by atoms with Crippen molar-refractivity contribution in [1.82, 2.24) is 29.8 Å². The number of carbonyl (C=O) groups is 3. The van der Waals surface area contributed by atoms with Gasteiger partial charge in [0.1, 0.15) is 17.7 Å². The highest BCUT2D eigenvalue weighted by molar-refractivity contribution is 6.03. The Morgan fingerprint density at radius 1 is 0.457 bits per heavy atom. The van der Waals surface area contributed by atoms with Crippen LogP contribution in [0.1, 0.15) is 114 Å². The zero-order valence-corrected chi connectivity index (χ0v) is 51.7. The highest BCUT2D eigenvalue weighted by Crippen LogP contribution is 2.52. The molecule has 3 amide bonds. The van der Waals surface area contributed by atoms with Crippen molar-refractivity contribution < 1.29 is 19.1 Å². The molecule has 9 aromatic carbocycles. The van der Waals surface area contributed by atoms with E-state index < -0.39 is 16.5 Å². The fourth-order valence-corrected chi connectivity index (χ4v) is 15.7. The third-order valence-electron chi connectivity index (χ3n) is 20.8. The van der Waals surface area contributed by atoms with E-state index in [9.17, 15) is 14.4 Å². The predicted molar refractivity (Wildman–Crippen MR) is 362 cm³/mol. The minimum atomic E-state index is -0.730. The number of carbonyl (C=O) groups excluding carboxylic acids is 3. The zero-order valence-electron chi connectivity index (χ0n) is 51.7. The van der Waals surface area contributed by atoms with E-state index in [-0.39, 0.29) is 29.9 Å². The van der Waals surface area contributed by atoms with E-state index in [1.165, 1.54) is 16.7 Å². The molecule has 2 spiro atoms. The lowest BCUT2D eigenvalue weighted by Crippen LogP contribution is -2.39. The number of likely N-dealkylation sites (tertiary alicyclic amines) is 1. The third kappa shape index (κ3) is 9.71. The van der Waals surface area contributed by atoms with E-state index in [1.807, 2.05) is 40.1 Å². The SMILES string of the molecule is O=C(OCc1ccccc1)N1CC[C@]2(CCN(c3ccc4c(c3)c(C3CC3)nn4C(c3ccccc3)(c3ccccc3)c3ccccc3)C2=O)C1.O=C1N(c2ccc3c(c2)c(C2CC2)nn3C(c2ccccc2)(c2ccccc2)c2ccccc2)CC[C@]12CCNC2. The molecule has 1 N–H and O–H groups in total. The molecule has 12 nitrogen and oxygen atoms in total. The molecule has 6 aliphatic rings. The summed E-state index contributed by atoms with van der Waals surface area (Å²) in [6.45, 7) is 4.25. The number of aromatic nitrogens is 4. The summed E-state index contributed by atoms with van der Waals surface area (Å²) in [7, 11) is 0. The molecule has 92 heavy (non-hydrogen) atoms. The van der Waals surface area contributed by atoms with Crippen LogP contribution in [0.5, 0.6) is 0 Å². The predicted octanol–water partition coefficient (Wildman–Crippen LogP) is 15.0. The second-order valence-electron chi connectivity index (χ2n) is 26.3. The number of nitrogens with zero attached hydrogens (tertiary/aromatic N) is 7. The van der Waals surface area contributed by atoms with Gasteiger partial charge in [-0.25, -0.2) is 14.2 Å². The number of fused-ring (bicyclic) bond motifs is 2. The van der Waals surface area contributed by atoms with Crippen molar-refractivity contribution in [2.24, 2.45) is 10.8 Å². The molecule has 17 rings (SSSR count). The second kappa shape index (κ2) is 23.4. The molecule has 458 valence electrons.